The summed E-state index contributed by atoms with van der Waals surface area (Å²) in [6, 6.07) is 11.9. The lowest BCUT2D eigenvalue weighted by atomic mass is 10.2. The van der Waals surface area contributed by atoms with Gasteiger partial charge in [-0.05, 0) is 40.2 Å². The van der Waals surface area contributed by atoms with E-state index in [1.807, 2.05) is 12.1 Å². The van der Waals surface area contributed by atoms with E-state index in [1.165, 1.54) is 12.3 Å². The van der Waals surface area contributed by atoms with Crippen molar-refractivity contribution in [2.75, 3.05) is 12.0 Å². The highest BCUT2D eigenvalue weighted by Crippen LogP contribution is 2.25. The highest BCUT2D eigenvalue weighted by Gasteiger charge is 2.09. The zero-order chi connectivity index (χ0) is 14.8. The van der Waals surface area contributed by atoms with Crippen molar-refractivity contribution >= 4 is 31.5 Å². The maximum atomic E-state index is 11.5. The van der Waals surface area contributed by atoms with Gasteiger partial charge in [-0.2, -0.15) is 0 Å². The Balaban J connectivity index is 2.18. The molecule has 0 saturated heterocycles. The Morgan fingerprint density at radius 3 is 2.60 bits per heavy atom. The van der Waals surface area contributed by atoms with Gasteiger partial charge in [0.25, 0.3) is 0 Å². The predicted molar refractivity (Wildman–Crippen MR) is 82.4 cm³/mol. The molecule has 2 rings (SSSR count). The minimum Gasteiger partial charge on any atom is -0.489 e. The lowest BCUT2D eigenvalue weighted by molar-refractivity contribution is 0.304. The zero-order valence-corrected chi connectivity index (χ0v) is 13.2. The summed E-state index contributed by atoms with van der Waals surface area (Å²) in [5.41, 5.74) is 7.32. The number of halogens is 1. The molecule has 2 N–H and O–H groups in total. The number of hydrogen-bond donors (Lipinski definition) is 1. The third-order valence-corrected chi connectivity index (χ3v) is 4.81. The van der Waals surface area contributed by atoms with Gasteiger partial charge in [-0.3, -0.25) is 0 Å². The second kappa shape index (κ2) is 5.85. The van der Waals surface area contributed by atoms with Crippen molar-refractivity contribution in [3.8, 4) is 5.75 Å². The molecule has 0 aliphatic rings. The van der Waals surface area contributed by atoms with Gasteiger partial charge in [0.05, 0.1) is 4.90 Å². The first kappa shape index (κ1) is 14.9. The Hall–Kier alpha value is -1.53. The van der Waals surface area contributed by atoms with Gasteiger partial charge in [0.1, 0.15) is 12.4 Å². The van der Waals surface area contributed by atoms with Crippen LogP contribution in [0.25, 0.3) is 0 Å². The number of rotatable bonds is 4. The second-order valence-corrected chi connectivity index (χ2v) is 7.16. The van der Waals surface area contributed by atoms with Crippen molar-refractivity contribution in [2.24, 2.45) is 0 Å². The molecule has 0 saturated carbocycles. The highest BCUT2D eigenvalue weighted by atomic mass is 79.9. The van der Waals surface area contributed by atoms with Gasteiger partial charge in [0.2, 0.25) is 0 Å². The van der Waals surface area contributed by atoms with Crippen molar-refractivity contribution in [1.29, 1.82) is 0 Å². The van der Waals surface area contributed by atoms with Crippen LogP contribution in [0.5, 0.6) is 5.75 Å². The van der Waals surface area contributed by atoms with Crippen molar-refractivity contribution in [1.82, 2.24) is 0 Å². The lowest BCUT2D eigenvalue weighted by Gasteiger charge is -2.10. The number of nitrogen functional groups attached to an aromatic ring is 1. The van der Waals surface area contributed by atoms with E-state index in [4.69, 9.17) is 10.5 Å². The van der Waals surface area contributed by atoms with E-state index >= 15 is 0 Å². The Bertz CT molecular complexity index is 729. The van der Waals surface area contributed by atoms with E-state index in [-0.39, 0.29) is 4.90 Å². The summed E-state index contributed by atoms with van der Waals surface area (Å²) in [7, 11) is -3.23. The third-order valence-electron chi connectivity index (χ3n) is 2.74. The summed E-state index contributed by atoms with van der Waals surface area (Å²) in [4.78, 5) is 0.238. The van der Waals surface area contributed by atoms with Crippen LogP contribution in [0.2, 0.25) is 0 Å². The van der Waals surface area contributed by atoms with Crippen molar-refractivity contribution < 1.29 is 13.2 Å². The first-order valence-corrected chi connectivity index (χ1v) is 8.52. The van der Waals surface area contributed by atoms with Crippen LogP contribution in [0.3, 0.4) is 0 Å². The topological polar surface area (TPSA) is 69.4 Å². The molecule has 0 aliphatic heterocycles. The van der Waals surface area contributed by atoms with Crippen molar-refractivity contribution in [2.45, 2.75) is 11.5 Å². The highest BCUT2D eigenvalue weighted by molar-refractivity contribution is 9.10. The molecule has 0 aromatic heterocycles. The standard InChI is InChI=1S/C14H14BrNO3S/c1-20(17,18)12-6-3-5-11(8-12)19-9-10-4-2-7-13(16)14(10)15/h2-8H,9,16H2,1H3. The molecule has 0 amide bonds. The molecule has 0 atom stereocenters. The molecular weight excluding hydrogens is 342 g/mol. The third kappa shape index (κ3) is 3.52. The maximum Gasteiger partial charge on any atom is 0.175 e. The smallest absolute Gasteiger partial charge is 0.175 e. The Labute approximate surface area is 126 Å². The van der Waals surface area contributed by atoms with Crippen LogP contribution in [0.15, 0.2) is 51.8 Å². The van der Waals surface area contributed by atoms with Crippen LogP contribution < -0.4 is 10.5 Å². The summed E-state index contributed by atoms with van der Waals surface area (Å²) >= 11 is 3.40. The first-order chi connectivity index (χ1) is 9.38. The van der Waals surface area contributed by atoms with Crippen LogP contribution in [0.4, 0.5) is 5.69 Å². The molecule has 106 valence electrons. The number of anilines is 1. The second-order valence-electron chi connectivity index (χ2n) is 4.36. The van der Waals surface area contributed by atoms with Crippen LogP contribution in [-0.4, -0.2) is 14.7 Å². The molecule has 0 spiro atoms. The van der Waals surface area contributed by atoms with Crippen molar-refractivity contribution in [3.05, 3.63) is 52.5 Å². The van der Waals surface area contributed by atoms with E-state index in [2.05, 4.69) is 15.9 Å². The van der Waals surface area contributed by atoms with Gasteiger partial charge in [-0.1, -0.05) is 18.2 Å². The number of sulfone groups is 1. The normalized spacial score (nSPS) is 11.3. The Morgan fingerprint density at radius 1 is 1.20 bits per heavy atom. The SMILES string of the molecule is CS(=O)(=O)c1cccc(OCc2cccc(N)c2Br)c1. The fourth-order valence-electron chi connectivity index (χ4n) is 1.67. The molecule has 0 fully saturated rings. The minimum absolute atomic E-state index is 0.238. The van der Waals surface area contributed by atoms with Crippen LogP contribution in [0, 0.1) is 0 Å². The molecule has 2 aromatic carbocycles. The summed E-state index contributed by atoms with van der Waals surface area (Å²) in [6.45, 7) is 0.304. The van der Waals surface area contributed by atoms with E-state index in [0.717, 1.165) is 10.0 Å². The average molecular weight is 356 g/mol. The first-order valence-electron chi connectivity index (χ1n) is 5.84. The predicted octanol–water partition coefficient (Wildman–Crippen LogP) is 3.01. The number of hydrogen-bond acceptors (Lipinski definition) is 4. The van der Waals surface area contributed by atoms with Gasteiger partial charge in [-0.15, -0.1) is 0 Å². The van der Waals surface area contributed by atoms with Gasteiger partial charge in [0, 0.05) is 22.0 Å². The maximum absolute atomic E-state index is 11.5. The van der Waals surface area contributed by atoms with Crippen LogP contribution in [0.1, 0.15) is 5.56 Å². The van der Waals surface area contributed by atoms with Crippen molar-refractivity contribution in [3.63, 3.8) is 0 Å². The molecule has 0 radical (unpaired) electrons. The van der Waals surface area contributed by atoms with E-state index in [1.54, 1.807) is 24.3 Å². The molecule has 6 heteroatoms. The Morgan fingerprint density at radius 2 is 1.90 bits per heavy atom. The van der Waals surface area contributed by atoms with E-state index in [9.17, 15) is 8.42 Å². The number of ether oxygens (including phenoxy) is 1. The summed E-state index contributed by atoms with van der Waals surface area (Å²) in [5, 5.41) is 0. The molecule has 0 unspecified atom stereocenters. The number of benzene rings is 2. The summed E-state index contributed by atoms with van der Waals surface area (Å²) in [5.74, 6) is 0.502. The molecule has 4 nitrogen and oxygen atoms in total. The molecule has 0 heterocycles. The average Bonchev–Trinajstić information content (AvgIpc) is 2.40. The van der Waals surface area contributed by atoms with E-state index in [0.29, 0.717) is 18.0 Å². The lowest BCUT2D eigenvalue weighted by Crippen LogP contribution is -2.01. The Kier molecular flexibility index (Phi) is 4.35. The molecule has 0 bridgehead atoms. The molecule has 2 aromatic rings. The minimum atomic E-state index is -3.23. The zero-order valence-electron chi connectivity index (χ0n) is 10.8. The molecule has 0 aliphatic carbocycles. The fourth-order valence-corrected chi connectivity index (χ4v) is 2.70. The summed E-state index contributed by atoms with van der Waals surface area (Å²) in [6.07, 6.45) is 1.17. The molecule has 20 heavy (non-hydrogen) atoms. The quantitative estimate of drug-likeness (QED) is 0.855. The van der Waals surface area contributed by atoms with Gasteiger partial charge < -0.3 is 10.5 Å². The largest absolute Gasteiger partial charge is 0.489 e. The van der Waals surface area contributed by atoms with Gasteiger partial charge in [0.15, 0.2) is 9.84 Å². The fraction of sp³-hybridized carbons (Fsp3) is 0.143. The van der Waals surface area contributed by atoms with Gasteiger partial charge >= 0.3 is 0 Å². The van der Waals surface area contributed by atoms with Crippen LogP contribution >= 0.6 is 15.9 Å². The van der Waals surface area contributed by atoms with Gasteiger partial charge in [-0.25, -0.2) is 8.42 Å². The van der Waals surface area contributed by atoms with Crippen LogP contribution in [-0.2, 0) is 16.4 Å². The number of nitrogens with two attached hydrogens (primary N) is 1. The molecular formula is C14H14BrNO3S. The summed E-state index contributed by atoms with van der Waals surface area (Å²) < 4.78 is 29.4. The monoisotopic (exact) mass is 355 g/mol. The van der Waals surface area contributed by atoms with E-state index < -0.39 is 9.84 Å².